The van der Waals surface area contributed by atoms with Crippen LogP contribution < -0.4 is 9.46 Å². The van der Waals surface area contributed by atoms with Crippen molar-refractivity contribution in [2.24, 2.45) is 0 Å². The molecule has 1 aromatic carbocycles. The first kappa shape index (κ1) is 11.0. The second-order valence-corrected chi connectivity index (χ2v) is 4.50. The standard InChI is InChI=1S/C9H13NO3S/c1-3-13-8-5-4-6-9(7-8)14(11,12)10-2/h4-7,10H,3H2,1-2H3. The molecule has 0 unspecified atom stereocenters. The highest BCUT2D eigenvalue weighted by atomic mass is 32.2. The van der Waals surface area contributed by atoms with Crippen molar-refractivity contribution < 1.29 is 13.2 Å². The maximum absolute atomic E-state index is 11.4. The average Bonchev–Trinajstić information content (AvgIpc) is 2.19. The Morgan fingerprint density at radius 3 is 2.71 bits per heavy atom. The van der Waals surface area contributed by atoms with Crippen LogP contribution in [0.3, 0.4) is 0 Å². The van der Waals surface area contributed by atoms with Gasteiger partial charge in [-0.2, -0.15) is 0 Å². The number of ether oxygens (including phenoxy) is 1. The molecule has 0 spiro atoms. The van der Waals surface area contributed by atoms with Gasteiger partial charge in [-0.05, 0) is 26.1 Å². The van der Waals surface area contributed by atoms with Gasteiger partial charge < -0.3 is 4.74 Å². The Kier molecular flexibility index (Phi) is 3.49. The molecule has 0 bridgehead atoms. The zero-order valence-electron chi connectivity index (χ0n) is 8.15. The van der Waals surface area contributed by atoms with Crippen LogP contribution in [0.5, 0.6) is 5.75 Å². The van der Waals surface area contributed by atoms with Crippen LogP contribution in [-0.2, 0) is 10.0 Å². The van der Waals surface area contributed by atoms with E-state index in [9.17, 15) is 8.42 Å². The minimum Gasteiger partial charge on any atom is -0.494 e. The second kappa shape index (κ2) is 4.43. The predicted molar refractivity (Wildman–Crippen MR) is 53.9 cm³/mol. The van der Waals surface area contributed by atoms with Gasteiger partial charge in [-0.15, -0.1) is 0 Å². The third-order valence-corrected chi connectivity index (χ3v) is 3.11. The van der Waals surface area contributed by atoms with E-state index in [1.807, 2.05) is 6.92 Å². The Hall–Kier alpha value is -1.07. The van der Waals surface area contributed by atoms with E-state index in [2.05, 4.69) is 4.72 Å². The Labute approximate surface area is 84.0 Å². The summed E-state index contributed by atoms with van der Waals surface area (Å²) in [6.45, 7) is 2.36. The predicted octanol–water partition coefficient (Wildman–Crippen LogP) is 0.993. The van der Waals surface area contributed by atoms with Gasteiger partial charge in [0.25, 0.3) is 0 Å². The third kappa shape index (κ3) is 2.46. The van der Waals surface area contributed by atoms with Crippen LogP contribution in [-0.4, -0.2) is 22.1 Å². The number of hydrogen-bond donors (Lipinski definition) is 1. The molecular formula is C9H13NO3S. The third-order valence-electron chi connectivity index (χ3n) is 1.70. The lowest BCUT2D eigenvalue weighted by atomic mass is 10.3. The monoisotopic (exact) mass is 215 g/mol. The maximum atomic E-state index is 11.4. The van der Waals surface area contributed by atoms with E-state index in [0.717, 1.165) is 0 Å². The zero-order valence-corrected chi connectivity index (χ0v) is 8.97. The molecule has 0 aliphatic carbocycles. The summed E-state index contributed by atoms with van der Waals surface area (Å²) in [4.78, 5) is 0.214. The van der Waals surface area contributed by atoms with Crippen molar-refractivity contribution in [3.05, 3.63) is 24.3 Å². The van der Waals surface area contributed by atoms with E-state index in [4.69, 9.17) is 4.74 Å². The summed E-state index contributed by atoms with van der Waals surface area (Å²) in [6.07, 6.45) is 0. The van der Waals surface area contributed by atoms with Gasteiger partial charge in [0.2, 0.25) is 10.0 Å². The minimum atomic E-state index is -3.37. The summed E-state index contributed by atoms with van der Waals surface area (Å²) in [5.41, 5.74) is 0. The molecule has 0 heterocycles. The van der Waals surface area contributed by atoms with Crippen LogP contribution >= 0.6 is 0 Å². The Morgan fingerprint density at radius 2 is 2.14 bits per heavy atom. The number of benzene rings is 1. The second-order valence-electron chi connectivity index (χ2n) is 2.62. The summed E-state index contributed by atoms with van der Waals surface area (Å²) in [6, 6.07) is 6.39. The van der Waals surface area contributed by atoms with Crippen LogP contribution in [0.15, 0.2) is 29.2 Å². The Bertz CT molecular complexity index is 400. The molecule has 5 heteroatoms. The molecule has 4 nitrogen and oxygen atoms in total. The van der Waals surface area contributed by atoms with Crippen molar-refractivity contribution in [1.29, 1.82) is 0 Å². The number of nitrogens with one attached hydrogen (secondary N) is 1. The van der Waals surface area contributed by atoms with Crippen molar-refractivity contribution in [3.8, 4) is 5.75 Å². The van der Waals surface area contributed by atoms with Crippen LogP contribution in [0.1, 0.15) is 6.92 Å². The highest BCUT2D eigenvalue weighted by Gasteiger charge is 2.11. The van der Waals surface area contributed by atoms with Gasteiger partial charge in [0.1, 0.15) is 5.75 Å². The summed E-state index contributed by atoms with van der Waals surface area (Å²) in [5, 5.41) is 0. The first-order valence-electron chi connectivity index (χ1n) is 4.26. The molecular weight excluding hydrogens is 202 g/mol. The van der Waals surface area contributed by atoms with Crippen LogP contribution in [0.25, 0.3) is 0 Å². The fourth-order valence-electron chi connectivity index (χ4n) is 1.02. The largest absolute Gasteiger partial charge is 0.494 e. The summed E-state index contributed by atoms with van der Waals surface area (Å²) < 4.78 is 30.2. The van der Waals surface area contributed by atoms with E-state index < -0.39 is 10.0 Å². The van der Waals surface area contributed by atoms with Crippen LogP contribution in [0.2, 0.25) is 0 Å². The molecule has 0 amide bonds. The van der Waals surface area contributed by atoms with E-state index in [1.165, 1.54) is 19.2 Å². The van der Waals surface area contributed by atoms with Crippen LogP contribution in [0.4, 0.5) is 0 Å². The number of rotatable bonds is 4. The number of sulfonamides is 1. The summed E-state index contributed by atoms with van der Waals surface area (Å²) >= 11 is 0. The van der Waals surface area contributed by atoms with Gasteiger partial charge in [-0.25, -0.2) is 13.1 Å². The van der Waals surface area contributed by atoms with Gasteiger partial charge in [0.15, 0.2) is 0 Å². The smallest absolute Gasteiger partial charge is 0.240 e. The molecule has 0 saturated heterocycles. The molecule has 1 aromatic rings. The fraction of sp³-hybridized carbons (Fsp3) is 0.333. The highest BCUT2D eigenvalue weighted by molar-refractivity contribution is 7.89. The van der Waals surface area contributed by atoms with Gasteiger partial charge in [-0.1, -0.05) is 6.07 Å². The lowest BCUT2D eigenvalue weighted by Gasteiger charge is -2.05. The first-order valence-corrected chi connectivity index (χ1v) is 5.75. The molecule has 0 aliphatic heterocycles. The van der Waals surface area contributed by atoms with Crippen molar-refractivity contribution in [1.82, 2.24) is 4.72 Å². The topological polar surface area (TPSA) is 55.4 Å². The molecule has 0 radical (unpaired) electrons. The molecule has 0 fully saturated rings. The lowest BCUT2D eigenvalue weighted by molar-refractivity contribution is 0.339. The van der Waals surface area contributed by atoms with Gasteiger partial charge >= 0.3 is 0 Å². The van der Waals surface area contributed by atoms with Crippen LogP contribution in [0, 0.1) is 0 Å². The maximum Gasteiger partial charge on any atom is 0.240 e. The molecule has 0 aromatic heterocycles. The van der Waals surface area contributed by atoms with Gasteiger partial charge in [0, 0.05) is 6.07 Å². The Balaban J connectivity index is 3.06. The normalized spacial score (nSPS) is 11.3. The molecule has 0 atom stereocenters. The lowest BCUT2D eigenvalue weighted by Crippen LogP contribution is -2.18. The molecule has 0 saturated carbocycles. The van der Waals surface area contributed by atoms with Gasteiger partial charge in [0.05, 0.1) is 11.5 Å². The van der Waals surface area contributed by atoms with E-state index in [-0.39, 0.29) is 4.90 Å². The van der Waals surface area contributed by atoms with Crippen molar-refractivity contribution in [2.75, 3.05) is 13.7 Å². The van der Waals surface area contributed by atoms with Crippen molar-refractivity contribution >= 4 is 10.0 Å². The summed E-state index contributed by atoms with van der Waals surface area (Å²) in [7, 11) is -1.99. The molecule has 14 heavy (non-hydrogen) atoms. The van der Waals surface area contributed by atoms with E-state index in [0.29, 0.717) is 12.4 Å². The molecule has 1 rings (SSSR count). The fourth-order valence-corrected chi connectivity index (χ4v) is 1.78. The summed E-state index contributed by atoms with van der Waals surface area (Å²) in [5.74, 6) is 0.559. The number of hydrogen-bond acceptors (Lipinski definition) is 3. The van der Waals surface area contributed by atoms with Crippen molar-refractivity contribution in [2.45, 2.75) is 11.8 Å². The molecule has 1 N–H and O–H groups in total. The van der Waals surface area contributed by atoms with Crippen molar-refractivity contribution in [3.63, 3.8) is 0 Å². The van der Waals surface area contributed by atoms with E-state index >= 15 is 0 Å². The zero-order chi connectivity index (χ0) is 10.6. The average molecular weight is 215 g/mol. The molecule has 78 valence electrons. The Morgan fingerprint density at radius 1 is 1.43 bits per heavy atom. The molecule has 0 aliphatic rings. The first-order chi connectivity index (χ1) is 6.60. The highest BCUT2D eigenvalue weighted by Crippen LogP contribution is 2.16. The van der Waals surface area contributed by atoms with Gasteiger partial charge in [-0.3, -0.25) is 0 Å². The SMILES string of the molecule is CCOc1cccc(S(=O)(=O)NC)c1. The minimum absolute atomic E-state index is 0.214. The van der Waals surface area contributed by atoms with E-state index in [1.54, 1.807) is 12.1 Å². The quantitative estimate of drug-likeness (QED) is 0.815.